The molecule has 0 spiro atoms. The van der Waals surface area contributed by atoms with Crippen molar-refractivity contribution >= 4 is 5.91 Å². The molecule has 1 atom stereocenters. The molecule has 0 radical (unpaired) electrons. The minimum absolute atomic E-state index is 0.00169. The van der Waals surface area contributed by atoms with Crippen molar-refractivity contribution in [2.24, 2.45) is 0 Å². The van der Waals surface area contributed by atoms with Crippen molar-refractivity contribution in [2.75, 3.05) is 13.1 Å². The minimum Gasteiger partial charge on any atom is -0.360 e. The van der Waals surface area contributed by atoms with Gasteiger partial charge >= 0.3 is 0 Å². The van der Waals surface area contributed by atoms with Crippen LogP contribution in [0.5, 0.6) is 0 Å². The van der Waals surface area contributed by atoms with Gasteiger partial charge in [0.2, 0.25) is 5.91 Å². The van der Waals surface area contributed by atoms with Crippen molar-refractivity contribution in [3.05, 3.63) is 0 Å². The van der Waals surface area contributed by atoms with E-state index in [9.17, 15) is 4.79 Å². The van der Waals surface area contributed by atoms with Crippen molar-refractivity contribution < 1.29 is 9.53 Å². The zero-order valence-corrected chi connectivity index (χ0v) is 10.8. The zero-order valence-electron chi connectivity index (χ0n) is 10.8. The largest absolute Gasteiger partial charge is 0.360 e. The van der Waals surface area contributed by atoms with E-state index in [2.05, 4.69) is 24.5 Å². The van der Waals surface area contributed by atoms with Crippen molar-refractivity contribution in [2.45, 2.75) is 58.3 Å². The monoisotopic (exact) mass is 228 g/mol. The first kappa shape index (κ1) is 13.5. The molecule has 0 aromatic heterocycles. The molecule has 4 nitrogen and oxygen atoms in total. The van der Waals surface area contributed by atoms with Crippen LogP contribution in [0.3, 0.4) is 0 Å². The van der Waals surface area contributed by atoms with E-state index in [1.807, 2.05) is 13.8 Å². The highest BCUT2D eigenvalue weighted by molar-refractivity contribution is 5.80. The van der Waals surface area contributed by atoms with E-state index in [1.165, 1.54) is 0 Å². The van der Waals surface area contributed by atoms with Crippen LogP contribution in [0.25, 0.3) is 0 Å². The Morgan fingerprint density at radius 3 is 2.38 bits per heavy atom. The molecule has 1 heterocycles. The Morgan fingerprint density at radius 1 is 1.44 bits per heavy atom. The van der Waals surface area contributed by atoms with Crippen LogP contribution in [0.1, 0.15) is 40.5 Å². The Morgan fingerprint density at radius 2 is 2.00 bits per heavy atom. The van der Waals surface area contributed by atoms with Gasteiger partial charge in [0.05, 0.1) is 5.60 Å². The summed E-state index contributed by atoms with van der Waals surface area (Å²) >= 11 is 0. The maximum atomic E-state index is 11.8. The number of nitrogens with one attached hydrogen (secondary N) is 2. The van der Waals surface area contributed by atoms with Crippen LogP contribution in [0.15, 0.2) is 0 Å². The highest BCUT2D eigenvalue weighted by Crippen LogP contribution is 2.17. The van der Waals surface area contributed by atoms with Crippen molar-refractivity contribution in [3.63, 3.8) is 0 Å². The fourth-order valence-corrected chi connectivity index (χ4v) is 1.85. The number of ether oxygens (including phenoxy) is 1. The smallest absolute Gasteiger partial charge is 0.249 e. The summed E-state index contributed by atoms with van der Waals surface area (Å²) in [5.74, 6) is 0.00169. The second-order valence-corrected chi connectivity index (χ2v) is 4.84. The molecule has 1 fully saturated rings. The molecule has 94 valence electrons. The number of carbonyl (C=O) groups excluding carboxylic acids is 1. The van der Waals surface area contributed by atoms with Crippen molar-refractivity contribution in [1.82, 2.24) is 10.6 Å². The van der Waals surface area contributed by atoms with Gasteiger partial charge in [-0.3, -0.25) is 4.79 Å². The molecule has 0 saturated carbocycles. The summed E-state index contributed by atoms with van der Waals surface area (Å²) in [5.41, 5.74) is -0.162. The summed E-state index contributed by atoms with van der Waals surface area (Å²) in [6.07, 6.45) is 1.56. The van der Waals surface area contributed by atoms with Gasteiger partial charge in [-0.1, -0.05) is 13.8 Å². The predicted molar refractivity (Wildman–Crippen MR) is 64.3 cm³/mol. The highest BCUT2D eigenvalue weighted by Gasteiger charge is 2.35. The Balaban J connectivity index is 2.35. The molecule has 1 aliphatic rings. The van der Waals surface area contributed by atoms with Crippen LogP contribution >= 0.6 is 0 Å². The van der Waals surface area contributed by atoms with Crippen LogP contribution in [0.4, 0.5) is 0 Å². The summed E-state index contributed by atoms with van der Waals surface area (Å²) in [5, 5.41) is 6.15. The van der Waals surface area contributed by atoms with E-state index in [4.69, 9.17) is 4.74 Å². The van der Waals surface area contributed by atoms with Crippen LogP contribution < -0.4 is 10.6 Å². The lowest BCUT2D eigenvalue weighted by Crippen LogP contribution is -2.61. The van der Waals surface area contributed by atoms with E-state index < -0.39 is 0 Å². The van der Waals surface area contributed by atoms with Crippen LogP contribution in [-0.2, 0) is 9.53 Å². The number of carbonyl (C=O) groups is 1. The van der Waals surface area contributed by atoms with E-state index >= 15 is 0 Å². The van der Waals surface area contributed by atoms with E-state index in [1.54, 1.807) is 0 Å². The Hall–Kier alpha value is -0.610. The maximum absolute atomic E-state index is 11.8. The highest BCUT2D eigenvalue weighted by atomic mass is 16.5. The first-order chi connectivity index (χ1) is 7.50. The summed E-state index contributed by atoms with van der Waals surface area (Å²) in [6.45, 7) is 9.67. The van der Waals surface area contributed by atoms with E-state index in [0.717, 1.165) is 25.9 Å². The molecule has 1 aliphatic heterocycles. The first-order valence-electron chi connectivity index (χ1n) is 6.19. The van der Waals surface area contributed by atoms with Gasteiger partial charge in [0.15, 0.2) is 0 Å². The average molecular weight is 228 g/mol. The van der Waals surface area contributed by atoms with E-state index in [0.29, 0.717) is 0 Å². The van der Waals surface area contributed by atoms with Crippen LogP contribution in [0, 0.1) is 0 Å². The van der Waals surface area contributed by atoms with Crippen molar-refractivity contribution in [3.8, 4) is 0 Å². The average Bonchev–Trinajstić information content (AvgIpc) is 2.23. The lowest BCUT2D eigenvalue weighted by molar-refractivity contribution is -0.150. The molecule has 1 amide bonds. The molecule has 4 heteroatoms. The molecule has 1 unspecified atom stereocenters. The van der Waals surface area contributed by atoms with Crippen molar-refractivity contribution in [1.29, 1.82) is 0 Å². The number of amides is 1. The fraction of sp³-hybridized carbons (Fsp3) is 0.917. The van der Waals surface area contributed by atoms with Gasteiger partial charge in [-0.15, -0.1) is 0 Å². The summed E-state index contributed by atoms with van der Waals surface area (Å²) in [7, 11) is 0. The summed E-state index contributed by atoms with van der Waals surface area (Å²) in [6, 6.07) is 0.269. The number of rotatable bonds is 6. The Bertz CT molecular complexity index is 235. The van der Waals surface area contributed by atoms with Gasteiger partial charge in [0.25, 0.3) is 0 Å². The normalized spacial score (nSPS) is 20.3. The lowest BCUT2D eigenvalue weighted by Gasteiger charge is -2.40. The third-order valence-corrected chi connectivity index (χ3v) is 3.16. The Kier molecular flexibility index (Phi) is 4.74. The molecule has 0 bridgehead atoms. The zero-order chi connectivity index (χ0) is 12.2. The summed E-state index contributed by atoms with van der Waals surface area (Å²) < 4.78 is 5.75. The molecular formula is C12H24N2O2. The SMILES string of the molecule is CCC(CC)NC(=O)C(C)OC1(C)CNC1. The molecule has 2 N–H and O–H groups in total. The van der Waals surface area contributed by atoms with Gasteiger partial charge in [0, 0.05) is 19.1 Å². The fourth-order valence-electron chi connectivity index (χ4n) is 1.85. The summed E-state index contributed by atoms with van der Waals surface area (Å²) in [4.78, 5) is 11.8. The second-order valence-electron chi connectivity index (χ2n) is 4.84. The molecule has 0 aromatic rings. The predicted octanol–water partition coefficient (Wildman–Crippen LogP) is 1.06. The molecule has 0 aliphatic carbocycles. The lowest BCUT2D eigenvalue weighted by atomic mass is 9.99. The van der Waals surface area contributed by atoms with Crippen LogP contribution in [0.2, 0.25) is 0 Å². The molecule has 0 aromatic carbocycles. The van der Waals surface area contributed by atoms with Crippen LogP contribution in [-0.4, -0.2) is 36.7 Å². The third kappa shape index (κ3) is 3.46. The standard InChI is InChI=1S/C12H24N2O2/c1-5-10(6-2)14-11(15)9(3)16-12(4)7-13-8-12/h9-10,13H,5-8H2,1-4H3,(H,14,15). The topological polar surface area (TPSA) is 50.4 Å². The first-order valence-corrected chi connectivity index (χ1v) is 6.19. The second kappa shape index (κ2) is 5.64. The quantitative estimate of drug-likeness (QED) is 0.714. The number of hydrogen-bond acceptors (Lipinski definition) is 3. The van der Waals surface area contributed by atoms with Gasteiger partial charge in [-0.25, -0.2) is 0 Å². The van der Waals surface area contributed by atoms with Gasteiger partial charge in [-0.2, -0.15) is 0 Å². The molecular weight excluding hydrogens is 204 g/mol. The number of hydrogen-bond donors (Lipinski definition) is 2. The molecule has 16 heavy (non-hydrogen) atoms. The van der Waals surface area contributed by atoms with E-state index in [-0.39, 0.29) is 23.7 Å². The van der Waals surface area contributed by atoms with Gasteiger partial charge in [-0.05, 0) is 26.7 Å². The Labute approximate surface area is 98.1 Å². The van der Waals surface area contributed by atoms with Gasteiger partial charge in [0.1, 0.15) is 6.10 Å². The van der Waals surface area contributed by atoms with Gasteiger partial charge < -0.3 is 15.4 Å². The molecule has 1 rings (SSSR count). The third-order valence-electron chi connectivity index (χ3n) is 3.16. The molecule has 1 saturated heterocycles. The maximum Gasteiger partial charge on any atom is 0.249 e. The minimum atomic E-state index is -0.368.